The fraction of sp³-hybridized carbons (Fsp3) is 0.562. The molecule has 0 aromatic heterocycles. The summed E-state index contributed by atoms with van der Waals surface area (Å²) < 4.78 is 40.3. The van der Waals surface area contributed by atoms with Crippen LogP contribution in [0.5, 0.6) is 0 Å². The molecule has 0 bridgehead atoms. The maximum absolute atomic E-state index is 13.7. The third kappa shape index (κ3) is 3.18. The van der Waals surface area contributed by atoms with Crippen molar-refractivity contribution in [3.8, 4) is 0 Å². The van der Waals surface area contributed by atoms with Gasteiger partial charge in [-0.2, -0.15) is 4.31 Å². The second-order valence-corrected chi connectivity index (χ2v) is 8.20. The molecular weight excluding hydrogens is 337 g/mol. The van der Waals surface area contributed by atoms with Crippen molar-refractivity contribution in [2.45, 2.75) is 44.1 Å². The Labute approximate surface area is 141 Å². The average molecular weight is 359 g/mol. The van der Waals surface area contributed by atoms with Crippen molar-refractivity contribution in [2.75, 3.05) is 13.1 Å². The summed E-state index contributed by atoms with van der Waals surface area (Å²) in [5.41, 5.74) is -1.21. The third-order valence-corrected chi connectivity index (χ3v) is 6.49. The molecule has 1 heterocycles. The van der Waals surface area contributed by atoms with Gasteiger partial charge in [0.05, 0.1) is 11.0 Å². The van der Waals surface area contributed by atoms with Crippen molar-refractivity contribution in [1.29, 1.82) is 0 Å². The van der Waals surface area contributed by atoms with Crippen molar-refractivity contribution in [3.63, 3.8) is 0 Å². The van der Waals surface area contributed by atoms with Crippen LogP contribution in [0.3, 0.4) is 0 Å². The van der Waals surface area contributed by atoms with E-state index in [1.165, 1.54) is 19.1 Å². The van der Waals surface area contributed by atoms with Gasteiger partial charge in [0.15, 0.2) is 0 Å². The predicted octanol–water partition coefficient (Wildman–Crippen LogP) is 1.76. The number of nitrogens with zero attached hydrogens (tertiary/aromatic N) is 1. The average Bonchev–Trinajstić information content (AvgIpc) is 2.51. The monoisotopic (exact) mass is 359 g/mol. The maximum atomic E-state index is 13.7. The highest BCUT2D eigenvalue weighted by atomic mass is 32.2. The van der Waals surface area contributed by atoms with E-state index in [4.69, 9.17) is 0 Å². The Bertz CT molecular complexity index is 736. The summed E-state index contributed by atoms with van der Waals surface area (Å²) in [5.74, 6) is -1.85. The molecule has 0 saturated carbocycles. The van der Waals surface area contributed by atoms with E-state index in [1.807, 2.05) is 0 Å². The molecule has 0 unspecified atom stereocenters. The van der Waals surface area contributed by atoms with Crippen LogP contribution in [0.15, 0.2) is 23.1 Å². The number of rotatable bonds is 5. The Morgan fingerprint density at radius 3 is 2.67 bits per heavy atom. The van der Waals surface area contributed by atoms with Gasteiger partial charge in [0.2, 0.25) is 10.0 Å². The molecule has 0 amide bonds. The molecule has 1 aromatic rings. The second kappa shape index (κ2) is 6.78. The summed E-state index contributed by atoms with van der Waals surface area (Å²) in [7, 11) is -4.03. The van der Waals surface area contributed by atoms with Crippen molar-refractivity contribution in [1.82, 2.24) is 4.31 Å². The lowest BCUT2D eigenvalue weighted by molar-refractivity contribution is -0.161. The van der Waals surface area contributed by atoms with Crippen LogP contribution in [0.25, 0.3) is 0 Å². The number of aliphatic carboxylic acids is 1. The van der Waals surface area contributed by atoms with Crippen LogP contribution >= 0.6 is 0 Å². The fourth-order valence-corrected chi connectivity index (χ4v) is 4.68. The number of hydrogen-bond acceptors (Lipinski definition) is 4. The first-order chi connectivity index (χ1) is 11.1. The van der Waals surface area contributed by atoms with Crippen molar-refractivity contribution in [2.24, 2.45) is 5.41 Å². The van der Waals surface area contributed by atoms with Gasteiger partial charge in [0, 0.05) is 13.1 Å². The van der Waals surface area contributed by atoms with Crippen LogP contribution < -0.4 is 0 Å². The maximum Gasteiger partial charge on any atom is 0.313 e. The Balaban J connectivity index is 2.40. The minimum absolute atomic E-state index is 0.00224. The van der Waals surface area contributed by atoms with Crippen LogP contribution in [0.4, 0.5) is 4.39 Å². The molecule has 6 nitrogen and oxygen atoms in total. The van der Waals surface area contributed by atoms with Crippen LogP contribution in [0, 0.1) is 18.2 Å². The first kappa shape index (κ1) is 18.8. The van der Waals surface area contributed by atoms with E-state index in [0.717, 1.165) is 10.4 Å². The molecule has 1 aromatic carbocycles. The lowest BCUT2D eigenvalue weighted by atomic mass is 9.74. The third-order valence-electron chi connectivity index (χ3n) is 4.65. The molecule has 1 fully saturated rings. The second-order valence-electron chi connectivity index (χ2n) is 6.27. The van der Waals surface area contributed by atoms with E-state index >= 15 is 0 Å². The van der Waals surface area contributed by atoms with E-state index in [0.29, 0.717) is 12.0 Å². The van der Waals surface area contributed by atoms with Crippen molar-refractivity contribution < 1.29 is 27.8 Å². The summed E-state index contributed by atoms with van der Waals surface area (Å²) in [6.07, 6.45) is -0.426. The number of carboxylic acid groups (broad SMARTS) is 1. The number of aliphatic hydroxyl groups excluding tert-OH is 1. The molecule has 134 valence electrons. The van der Waals surface area contributed by atoms with Gasteiger partial charge < -0.3 is 10.2 Å². The molecule has 0 spiro atoms. The van der Waals surface area contributed by atoms with Crippen LogP contribution in [0.1, 0.15) is 31.7 Å². The Morgan fingerprint density at radius 2 is 2.12 bits per heavy atom. The number of carbonyl (C=O) groups is 1. The highest BCUT2D eigenvalue weighted by Gasteiger charge is 2.50. The zero-order valence-corrected chi connectivity index (χ0v) is 14.5. The highest BCUT2D eigenvalue weighted by molar-refractivity contribution is 7.89. The predicted molar refractivity (Wildman–Crippen MR) is 85.5 cm³/mol. The van der Waals surface area contributed by atoms with E-state index in [1.54, 1.807) is 6.92 Å². The number of benzene rings is 1. The molecule has 2 N–H and O–H groups in total. The number of piperidine rings is 1. The van der Waals surface area contributed by atoms with Crippen LogP contribution in [-0.2, 0) is 14.8 Å². The normalized spacial score (nSPS) is 25.6. The zero-order chi connectivity index (χ0) is 18.1. The molecule has 1 aliphatic rings. The Hall–Kier alpha value is -1.51. The summed E-state index contributed by atoms with van der Waals surface area (Å²) in [6, 6.07) is 3.62. The van der Waals surface area contributed by atoms with E-state index < -0.39 is 33.3 Å². The first-order valence-electron chi connectivity index (χ1n) is 7.83. The molecule has 24 heavy (non-hydrogen) atoms. The van der Waals surface area contributed by atoms with E-state index in [9.17, 15) is 27.8 Å². The lowest BCUT2D eigenvalue weighted by Crippen LogP contribution is -2.57. The number of aliphatic hydroxyl groups is 1. The Kier molecular flexibility index (Phi) is 5.31. The van der Waals surface area contributed by atoms with Gasteiger partial charge in [-0.25, -0.2) is 12.8 Å². The highest BCUT2D eigenvalue weighted by Crippen LogP contribution is 2.37. The molecule has 1 aliphatic heterocycles. The van der Waals surface area contributed by atoms with E-state index in [2.05, 4.69) is 0 Å². The van der Waals surface area contributed by atoms with Gasteiger partial charge in [0.1, 0.15) is 11.2 Å². The summed E-state index contributed by atoms with van der Waals surface area (Å²) in [4.78, 5) is 11.5. The van der Waals surface area contributed by atoms with Gasteiger partial charge >= 0.3 is 5.97 Å². The summed E-state index contributed by atoms with van der Waals surface area (Å²) in [5, 5.41) is 19.8. The van der Waals surface area contributed by atoms with Gasteiger partial charge in [-0.05, 0) is 37.5 Å². The molecule has 0 radical (unpaired) electrons. The molecule has 2 atom stereocenters. The van der Waals surface area contributed by atoms with Crippen LogP contribution in [0.2, 0.25) is 0 Å². The minimum Gasteiger partial charge on any atom is -0.481 e. The Morgan fingerprint density at radius 1 is 1.46 bits per heavy atom. The molecule has 8 heteroatoms. The van der Waals surface area contributed by atoms with Gasteiger partial charge in [-0.3, -0.25) is 4.79 Å². The topological polar surface area (TPSA) is 94.9 Å². The molecule has 1 saturated heterocycles. The SMILES string of the molecule is CCC[C@]1(C(=O)O)CN(S(=O)(=O)c2ccc(C)c(F)c2)CC[C@H]1O. The lowest BCUT2D eigenvalue weighted by Gasteiger charge is -2.42. The minimum atomic E-state index is -4.03. The summed E-state index contributed by atoms with van der Waals surface area (Å²) >= 11 is 0. The number of hydrogen-bond donors (Lipinski definition) is 2. The first-order valence-corrected chi connectivity index (χ1v) is 9.27. The van der Waals surface area contributed by atoms with Gasteiger partial charge in [-0.1, -0.05) is 19.4 Å². The quantitative estimate of drug-likeness (QED) is 0.835. The van der Waals surface area contributed by atoms with Crippen molar-refractivity contribution >= 4 is 16.0 Å². The van der Waals surface area contributed by atoms with Gasteiger partial charge in [-0.15, -0.1) is 0 Å². The summed E-state index contributed by atoms with van der Waals surface area (Å²) in [6.45, 7) is 2.98. The smallest absolute Gasteiger partial charge is 0.313 e. The van der Waals surface area contributed by atoms with Crippen molar-refractivity contribution in [3.05, 3.63) is 29.6 Å². The zero-order valence-electron chi connectivity index (χ0n) is 13.7. The largest absolute Gasteiger partial charge is 0.481 e. The fourth-order valence-electron chi connectivity index (χ4n) is 3.14. The number of aryl methyl sites for hydroxylation is 1. The molecule has 2 rings (SSSR count). The van der Waals surface area contributed by atoms with Gasteiger partial charge in [0.25, 0.3) is 0 Å². The van der Waals surface area contributed by atoms with Crippen LogP contribution in [-0.4, -0.2) is 48.1 Å². The molecule has 0 aliphatic carbocycles. The standard InChI is InChI=1S/C16H22FNO5S/c1-3-7-16(15(20)21)10-18(8-6-14(16)19)24(22,23)12-5-4-11(2)13(17)9-12/h4-5,9,14,19H,3,6-8,10H2,1-2H3,(H,20,21)/t14-,16+/m1/s1. The number of carboxylic acids is 1. The molecular formula is C16H22FNO5S. The number of halogens is 1. The van der Waals surface area contributed by atoms with E-state index in [-0.39, 0.29) is 30.8 Å². The number of sulfonamides is 1.